The van der Waals surface area contributed by atoms with E-state index >= 15 is 0 Å². The fraction of sp³-hybridized carbons (Fsp3) is 0.500. The molecule has 7 nitrogen and oxygen atoms in total. The van der Waals surface area contributed by atoms with E-state index in [-0.39, 0.29) is 10.8 Å². The van der Waals surface area contributed by atoms with Crippen molar-refractivity contribution in [2.75, 3.05) is 18.4 Å². The molecule has 2 heterocycles. The van der Waals surface area contributed by atoms with Gasteiger partial charge in [-0.25, -0.2) is 8.42 Å². The zero-order valence-corrected chi connectivity index (χ0v) is 16.6. The summed E-state index contributed by atoms with van der Waals surface area (Å²) < 4.78 is 27.1. The highest BCUT2D eigenvalue weighted by Crippen LogP contribution is 2.42. The van der Waals surface area contributed by atoms with Gasteiger partial charge in [0, 0.05) is 24.6 Å². The third-order valence-corrected chi connectivity index (χ3v) is 7.82. The van der Waals surface area contributed by atoms with E-state index < -0.39 is 10.0 Å². The van der Waals surface area contributed by atoms with Gasteiger partial charge in [-0.2, -0.15) is 4.31 Å². The first kappa shape index (κ1) is 18.5. The summed E-state index contributed by atoms with van der Waals surface area (Å²) in [6.45, 7) is 1.12. The van der Waals surface area contributed by atoms with Crippen LogP contribution in [-0.4, -0.2) is 41.9 Å². The number of rotatable bonds is 5. The van der Waals surface area contributed by atoms with Crippen LogP contribution in [0.15, 0.2) is 29.2 Å². The number of carbonyl (C=O) groups excluding carboxylic acids is 1. The molecule has 0 spiro atoms. The second kappa shape index (κ2) is 7.65. The van der Waals surface area contributed by atoms with Crippen LogP contribution in [0.5, 0.6) is 0 Å². The standard InChI is InChI=1S/C18H22N4O3S2/c23-16(19-18-21-20-17(26-18)14-5-6-14)13-7-9-15(10-8-13)27(24,25)22-11-3-1-2-4-12-22/h7-10,14H,1-6,11-12H2,(H,19,21,23). The molecule has 0 radical (unpaired) electrons. The van der Waals surface area contributed by atoms with Gasteiger partial charge in [0.15, 0.2) is 0 Å². The molecule has 0 atom stereocenters. The van der Waals surface area contributed by atoms with Gasteiger partial charge in [-0.3, -0.25) is 10.1 Å². The number of benzene rings is 1. The van der Waals surface area contributed by atoms with Crippen molar-refractivity contribution in [1.82, 2.24) is 14.5 Å². The number of carbonyl (C=O) groups is 1. The summed E-state index contributed by atoms with van der Waals surface area (Å²) in [5.41, 5.74) is 0.396. The molecule has 144 valence electrons. The van der Waals surface area contributed by atoms with E-state index in [9.17, 15) is 13.2 Å². The van der Waals surface area contributed by atoms with E-state index in [1.807, 2.05) is 0 Å². The lowest BCUT2D eigenvalue weighted by Crippen LogP contribution is -2.31. The van der Waals surface area contributed by atoms with Crippen LogP contribution in [0.25, 0.3) is 0 Å². The van der Waals surface area contributed by atoms with Crippen molar-refractivity contribution in [2.24, 2.45) is 0 Å². The number of nitrogens with one attached hydrogen (secondary N) is 1. The predicted molar refractivity (Wildman–Crippen MR) is 104 cm³/mol. The molecule has 0 unspecified atom stereocenters. The minimum Gasteiger partial charge on any atom is -0.296 e. The molecule has 9 heteroatoms. The maximum Gasteiger partial charge on any atom is 0.257 e. The normalized spacial score (nSPS) is 18.8. The summed E-state index contributed by atoms with van der Waals surface area (Å²) in [6, 6.07) is 6.10. The minimum atomic E-state index is -3.50. The van der Waals surface area contributed by atoms with E-state index in [1.54, 1.807) is 16.4 Å². The Morgan fingerprint density at radius 1 is 1.04 bits per heavy atom. The summed E-state index contributed by atoms with van der Waals surface area (Å²) in [6.07, 6.45) is 6.19. The predicted octanol–water partition coefficient (Wildman–Crippen LogP) is 3.23. The Morgan fingerprint density at radius 3 is 2.33 bits per heavy atom. The number of hydrogen-bond donors (Lipinski definition) is 1. The van der Waals surface area contributed by atoms with E-state index in [0.29, 0.717) is 29.7 Å². The molecule has 1 aliphatic carbocycles. The third-order valence-electron chi connectivity index (χ3n) is 4.91. The van der Waals surface area contributed by atoms with Crippen molar-refractivity contribution < 1.29 is 13.2 Å². The van der Waals surface area contributed by atoms with Crippen LogP contribution in [0, 0.1) is 0 Å². The number of amides is 1. The average molecular weight is 407 g/mol. The molecule has 1 amide bonds. The largest absolute Gasteiger partial charge is 0.296 e. The van der Waals surface area contributed by atoms with Crippen molar-refractivity contribution >= 4 is 32.4 Å². The van der Waals surface area contributed by atoms with E-state index in [4.69, 9.17) is 0 Å². The first-order valence-corrected chi connectivity index (χ1v) is 11.5. The second-order valence-electron chi connectivity index (χ2n) is 7.02. The number of sulfonamides is 1. The zero-order chi connectivity index (χ0) is 18.9. The first-order valence-electron chi connectivity index (χ1n) is 9.29. The molecule has 27 heavy (non-hydrogen) atoms. The zero-order valence-electron chi connectivity index (χ0n) is 14.9. The number of nitrogens with zero attached hydrogens (tertiary/aromatic N) is 3. The molecule has 1 aromatic carbocycles. The lowest BCUT2D eigenvalue weighted by Gasteiger charge is -2.20. The second-order valence-corrected chi connectivity index (χ2v) is 9.96. The summed E-state index contributed by atoms with van der Waals surface area (Å²) in [4.78, 5) is 12.6. The van der Waals surface area contributed by atoms with Crippen molar-refractivity contribution in [3.8, 4) is 0 Å². The summed E-state index contributed by atoms with van der Waals surface area (Å²) >= 11 is 1.40. The van der Waals surface area contributed by atoms with Gasteiger partial charge in [0.05, 0.1) is 4.90 Å². The number of anilines is 1. The van der Waals surface area contributed by atoms with Gasteiger partial charge in [-0.1, -0.05) is 24.2 Å². The molecule has 1 aromatic heterocycles. The molecule has 2 aromatic rings. The van der Waals surface area contributed by atoms with Gasteiger partial charge in [0.1, 0.15) is 5.01 Å². The van der Waals surface area contributed by atoms with Gasteiger partial charge in [-0.05, 0) is 49.9 Å². The Bertz CT molecular complexity index is 912. The lowest BCUT2D eigenvalue weighted by molar-refractivity contribution is 0.102. The Hall–Kier alpha value is -1.84. The van der Waals surface area contributed by atoms with E-state index in [1.165, 1.54) is 23.5 Å². The number of aromatic nitrogens is 2. The highest BCUT2D eigenvalue weighted by atomic mass is 32.2. The Balaban J connectivity index is 1.44. The van der Waals surface area contributed by atoms with Crippen molar-refractivity contribution in [2.45, 2.75) is 49.3 Å². The van der Waals surface area contributed by atoms with Gasteiger partial charge in [0.25, 0.3) is 5.91 Å². The fourth-order valence-corrected chi connectivity index (χ4v) is 5.58. The molecule has 4 rings (SSSR count). The van der Waals surface area contributed by atoms with Crippen molar-refractivity contribution in [3.05, 3.63) is 34.8 Å². The molecule has 1 N–H and O–H groups in total. The van der Waals surface area contributed by atoms with Crippen LogP contribution in [0.1, 0.15) is 59.8 Å². The molecular formula is C18H22N4O3S2. The van der Waals surface area contributed by atoms with Crippen LogP contribution in [-0.2, 0) is 10.0 Å². The quantitative estimate of drug-likeness (QED) is 0.823. The topological polar surface area (TPSA) is 92.3 Å². The maximum atomic E-state index is 12.8. The van der Waals surface area contributed by atoms with Gasteiger partial charge in [-0.15, -0.1) is 10.2 Å². The van der Waals surface area contributed by atoms with Crippen molar-refractivity contribution in [3.63, 3.8) is 0 Å². The Kier molecular flexibility index (Phi) is 5.25. The fourth-order valence-electron chi connectivity index (χ4n) is 3.16. The minimum absolute atomic E-state index is 0.230. The van der Waals surface area contributed by atoms with Gasteiger partial charge < -0.3 is 0 Å². The molecular weight excluding hydrogens is 384 g/mol. The Morgan fingerprint density at radius 2 is 1.70 bits per heavy atom. The number of hydrogen-bond acceptors (Lipinski definition) is 6. The van der Waals surface area contributed by atoms with Gasteiger partial charge >= 0.3 is 0 Å². The molecule has 1 aliphatic heterocycles. The molecule has 2 fully saturated rings. The molecule has 1 saturated carbocycles. The molecule has 2 aliphatic rings. The molecule has 1 saturated heterocycles. The highest BCUT2D eigenvalue weighted by molar-refractivity contribution is 7.89. The first-order chi connectivity index (χ1) is 13.0. The van der Waals surface area contributed by atoms with Crippen LogP contribution in [0.2, 0.25) is 0 Å². The molecule has 0 bridgehead atoms. The van der Waals surface area contributed by atoms with Crippen LogP contribution >= 0.6 is 11.3 Å². The summed E-state index contributed by atoms with van der Waals surface area (Å²) in [5, 5.41) is 12.3. The summed E-state index contributed by atoms with van der Waals surface area (Å²) in [5.74, 6) is 0.184. The van der Waals surface area contributed by atoms with E-state index in [0.717, 1.165) is 43.5 Å². The Labute approximate surface area is 162 Å². The highest BCUT2D eigenvalue weighted by Gasteiger charge is 2.28. The van der Waals surface area contributed by atoms with E-state index in [2.05, 4.69) is 15.5 Å². The smallest absolute Gasteiger partial charge is 0.257 e. The third kappa shape index (κ3) is 4.20. The van der Waals surface area contributed by atoms with Crippen LogP contribution in [0.4, 0.5) is 5.13 Å². The SMILES string of the molecule is O=C(Nc1nnc(C2CC2)s1)c1ccc(S(=O)(=O)N2CCCCCC2)cc1. The average Bonchev–Trinajstić information content (AvgIpc) is 3.47. The van der Waals surface area contributed by atoms with Crippen molar-refractivity contribution in [1.29, 1.82) is 0 Å². The van der Waals surface area contributed by atoms with Gasteiger partial charge in [0.2, 0.25) is 15.2 Å². The van der Waals surface area contributed by atoms with Crippen LogP contribution in [0.3, 0.4) is 0 Å². The lowest BCUT2D eigenvalue weighted by atomic mass is 10.2. The van der Waals surface area contributed by atoms with Crippen LogP contribution < -0.4 is 5.32 Å². The maximum absolute atomic E-state index is 12.8. The summed E-state index contributed by atoms with van der Waals surface area (Å²) in [7, 11) is -3.50. The monoisotopic (exact) mass is 406 g/mol.